The molecule has 1 atom stereocenters. The topological polar surface area (TPSA) is 32.3 Å². The summed E-state index contributed by atoms with van der Waals surface area (Å²) < 4.78 is 27.0. The van der Waals surface area contributed by atoms with Crippen LogP contribution in [0.4, 0.5) is 8.78 Å². The van der Waals surface area contributed by atoms with Gasteiger partial charge in [-0.05, 0) is 44.9 Å². The van der Waals surface area contributed by atoms with E-state index >= 15 is 0 Å². The summed E-state index contributed by atoms with van der Waals surface area (Å²) in [5.41, 5.74) is 0.230. The zero-order chi connectivity index (χ0) is 14.7. The fourth-order valence-electron chi connectivity index (χ4n) is 2.53. The molecule has 1 aromatic carbocycles. The lowest BCUT2D eigenvalue weighted by Crippen LogP contribution is -2.41. The van der Waals surface area contributed by atoms with Crippen LogP contribution in [0.5, 0.6) is 0 Å². The number of carbonyl (C=O) groups excluding carboxylic acids is 1. The molecule has 1 heterocycles. The zero-order valence-corrected chi connectivity index (χ0v) is 11.9. The minimum atomic E-state index is -0.795. The van der Waals surface area contributed by atoms with Gasteiger partial charge in [0.1, 0.15) is 11.6 Å². The average molecular weight is 282 g/mol. The van der Waals surface area contributed by atoms with Gasteiger partial charge in [0.15, 0.2) is 0 Å². The number of halogens is 2. The van der Waals surface area contributed by atoms with Crippen LogP contribution in [0.25, 0.3) is 0 Å². The van der Waals surface area contributed by atoms with E-state index in [0.29, 0.717) is 13.1 Å². The molecular weight excluding hydrogens is 262 g/mol. The average Bonchev–Trinajstić information content (AvgIpc) is 2.92. The standard InChI is InChI=1S/C15H20F2N2O/c1-3-19(9-11-5-4-6-18-11)15(20)12-7-10(2)13(16)8-14(12)17/h7-8,11,18H,3-6,9H2,1-2H3. The first-order valence-corrected chi connectivity index (χ1v) is 7.01. The van der Waals surface area contributed by atoms with E-state index in [1.165, 1.54) is 13.0 Å². The van der Waals surface area contributed by atoms with Gasteiger partial charge in [0.2, 0.25) is 0 Å². The Bertz CT molecular complexity index is 499. The number of hydrogen-bond donors (Lipinski definition) is 1. The molecule has 0 aliphatic carbocycles. The lowest BCUT2D eigenvalue weighted by atomic mass is 10.1. The van der Waals surface area contributed by atoms with Crippen LogP contribution < -0.4 is 5.32 Å². The van der Waals surface area contributed by atoms with Crippen LogP contribution in [0.2, 0.25) is 0 Å². The van der Waals surface area contributed by atoms with Gasteiger partial charge in [-0.3, -0.25) is 4.79 Å². The molecule has 2 rings (SSSR count). The first kappa shape index (κ1) is 14.9. The van der Waals surface area contributed by atoms with Crippen LogP contribution in [0, 0.1) is 18.6 Å². The number of carbonyl (C=O) groups is 1. The van der Waals surface area contributed by atoms with Gasteiger partial charge in [-0.1, -0.05) is 0 Å². The lowest BCUT2D eigenvalue weighted by Gasteiger charge is -2.25. The number of likely N-dealkylation sites (N-methyl/N-ethyl adjacent to an activating group) is 1. The van der Waals surface area contributed by atoms with Gasteiger partial charge in [0.25, 0.3) is 5.91 Å². The van der Waals surface area contributed by atoms with Crippen LogP contribution in [-0.2, 0) is 0 Å². The van der Waals surface area contributed by atoms with E-state index in [4.69, 9.17) is 0 Å². The van der Waals surface area contributed by atoms with E-state index in [1.807, 2.05) is 6.92 Å². The lowest BCUT2D eigenvalue weighted by molar-refractivity contribution is 0.0746. The van der Waals surface area contributed by atoms with Crippen LogP contribution in [0.1, 0.15) is 35.7 Å². The molecule has 0 saturated carbocycles. The van der Waals surface area contributed by atoms with Crippen molar-refractivity contribution in [1.82, 2.24) is 10.2 Å². The Morgan fingerprint density at radius 3 is 2.75 bits per heavy atom. The van der Waals surface area contributed by atoms with E-state index in [9.17, 15) is 13.6 Å². The monoisotopic (exact) mass is 282 g/mol. The molecule has 0 aromatic heterocycles. The van der Waals surface area contributed by atoms with Crippen molar-refractivity contribution in [2.45, 2.75) is 32.7 Å². The number of amides is 1. The second-order valence-electron chi connectivity index (χ2n) is 5.22. The van der Waals surface area contributed by atoms with E-state index < -0.39 is 11.6 Å². The molecule has 1 aromatic rings. The molecule has 1 fully saturated rings. The Morgan fingerprint density at radius 2 is 2.15 bits per heavy atom. The Labute approximate surface area is 118 Å². The summed E-state index contributed by atoms with van der Waals surface area (Å²) in [5, 5.41) is 3.32. The molecule has 1 aliphatic rings. The van der Waals surface area contributed by atoms with Crippen molar-refractivity contribution in [3.63, 3.8) is 0 Å². The predicted octanol–water partition coefficient (Wildman–Crippen LogP) is 2.49. The second-order valence-corrected chi connectivity index (χ2v) is 5.22. The first-order valence-electron chi connectivity index (χ1n) is 7.01. The van der Waals surface area contributed by atoms with Crippen molar-refractivity contribution in [3.8, 4) is 0 Å². The molecule has 1 aliphatic heterocycles. The van der Waals surface area contributed by atoms with Crippen molar-refractivity contribution in [1.29, 1.82) is 0 Å². The normalized spacial score (nSPS) is 18.3. The largest absolute Gasteiger partial charge is 0.337 e. The fourth-order valence-corrected chi connectivity index (χ4v) is 2.53. The summed E-state index contributed by atoms with van der Waals surface area (Å²) in [5.74, 6) is -1.79. The highest BCUT2D eigenvalue weighted by Crippen LogP contribution is 2.17. The minimum absolute atomic E-state index is 0.0521. The number of rotatable bonds is 4. The number of nitrogens with zero attached hydrogens (tertiary/aromatic N) is 1. The third kappa shape index (κ3) is 3.15. The van der Waals surface area contributed by atoms with Gasteiger partial charge in [-0.2, -0.15) is 0 Å². The predicted molar refractivity (Wildman–Crippen MR) is 73.7 cm³/mol. The first-order chi connectivity index (χ1) is 9.52. The van der Waals surface area contributed by atoms with Gasteiger partial charge < -0.3 is 10.2 Å². The van der Waals surface area contributed by atoms with Crippen molar-refractivity contribution in [2.24, 2.45) is 0 Å². The Morgan fingerprint density at radius 1 is 1.40 bits per heavy atom. The molecule has 0 spiro atoms. The number of benzene rings is 1. The van der Waals surface area contributed by atoms with Gasteiger partial charge in [-0.25, -0.2) is 8.78 Å². The number of hydrogen-bond acceptors (Lipinski definition) is 2. The maximum absolute atomic E-state index is 13.8. The SMILES string of the molecule is CCN(CC1CCCN1)C(=O)c1cc(C)c(F)cc1F. The summed E-state index contributed by atoms with van der Waals surface area (Å²) in [7, 11) is 0. The summed E-state index contributed by atoms with van der Waals surface area (Å²) in [6.45, 7) is 5.42. The zero-order valence-electron chi connectivity index (χ0n) is 11.9. The minimum Gasteiger partial charge on any atom is -0.337 e. The summed E-state index contributed by atoms with van der Waals surface area (Å²) in [4.78, 5) is 14.0. The molecule has 1 saturated heterocycles. The molecule has 1 amide bonds. The number of nitrogens with one attached hydrogen (secondary N) is 1. The molecule has 0 bridgehead atoms. The van der Waals surface area contributed by atoms with E-state index in [-0.39, 0.29) is 23.1 Å². The molecule has 5 heteroatoms. The molecular formula is C15H20F2N2O. The third-order valence-electron chi connectivity index (χ3n) is 3.75. The quantitative estimate of drug-likeness (QED) is 0.920. The Kier molecular flexibility index (Phi) is 4.70. The molecule has 110 valence electrons. The highest BCUT2D eigenvalue weighted by molar-refractivity contribution is 5.94. The second kappa shape index (κ2) is 6.31. The van der Waals surface area contributed by atoms with Crippen molar-refractivity contribution >= 4 is 5.91 Å². The van der Waals surface area contributed by atoms with Crippen molar-refractivity contribution in [3.05, 3.63) is 34.9 Å². The summed E-state index contributed by atoms with van der Waals surface area (Å²) in [6.07, 6.45) is 2.12. The van der Waals surface area contributed by atoms with Crippen LogP contribution in [-0.4, -0.2) is 36.5 Å². The smallest absolute Gasteiger partial charge is 0.256 e. The number of aryl methyl sites for hydroxylation is 1. The molecule has 1 N–H and O–H groups in total. The summed E-state index contributed by atoms with van der Waals surface area (Å²) in [6, 6.07) is 2.34. The van der Waals surface area contributed by atoms with Crippen LogP contribution >= 0.6 is 0 Å². The van der Waals surface area contributed by atoms with Crippen molar-refractivity contribution < 1.29 is 13.6 Å². The molecule has 0 radical (unpaired) electrons. The van der Waals surface area contributed by atoms with E-state index in [2.05, 4.69) is 5.32 Å². The molecule has 20 heavy (non-hydrogen) atoms. The molecule has 3 nitrogen and oxygen atoms in total. The highest BCUT2D eigenvalue weighted by atomic mass is 19.1. The van der Waals surface area contributed by atoms with E-state index in [0.717, 1.165) is 25.5 Å². The Hall–Kier alpha value is -1.49. The van der Waals surface area contributed by atoms with Gasteiger partial charge in [0, 0.05) is 25.2 Å². The summed E-state index contributed by atoms with van der Waals surface area (Å²) >= 11 is 0. The highest BCUT2D eigenvalue weighted by Gasteiger charge is 2.23. The maximum atomic E-state index is 13.8. The third-order valence-corrected chi connectivity index (χ3v) is 3.75. The van der Waals surface area contributed by atoms with Crippen molar-refractivity contribution in [2.75, 3.05) is 19.6 Å². The Balaban J connectivity index is 2.17. The van der Waals surface area contributed by atoms with Crippen LogP contribution in [0.3, 0.4) is 0 Å². The fraction of sp³-hybridized carbons (Fsp3) is 0.533. The van der Waals surface area contributed by atoms with Gasteiger partial charge in [0.05, 0.1) is 5.56 Å². The van der Waals surface area contributed by atoms with Crippen LogP contribution in [0.15, 0.2) is 12.1 Å². The molecule has 1 unspecified atom stereocenters. The van der Waals surface area contributed by atoms with E-state index in [1.54, 1.807) is 4.90 Å². The van der Waals surface area contributed by atoms with Gasteiger partial charge in [-0.15, -0.1) is 0 Å². The maximum Gasteiger partial charge on any atom is 0.256 e. The van der Waals surface area contributed by atoms with Gasteiger partial charge >= 0.3 is 0 Å².